The molecule has 7 nitrogen and oxygen atoms in total. The monoisotopic (exact) mass is 283 g/mol. The molecule has 0 aliphatic carbocycles. The Morgan fingerprint density at radius 3 is 2.35 bits per heavy atom. The standard InChI is InChI=1S/C13H17NO6/c1-8(2)11(13(18)19)14(6-5-10(15)16)12(17)9-4-3-7-20-9/h3-4,7-8,11H,5-6H2,1-2H3,(H,15,16)(H,18,19). The second-order valence-electron chi connectivity index (χ2n) is 4.65. The van der Waals surface area contributed by atoms with Gasteiger partial charge in [-0.1, -0.05) is 13.8 Å². The highest BCUT2D eigenvalue weighted by Gasteiger charge is 2.34. The van der Waals surface area contributed by atoms with Crippen molar-refractivity contribution >= 4 is 17.8 Å². The summed E-state index contributed by atoms with van der Waals surface area (Å²) in [6.07, 6.45) is 0.969. The number of carboxylic acid groups (broad SMARTS) is 2. The molecular weight excluding hydrogens is 266 g/mol. The van der Waals surface area contributed by atoms with Crippen molar-refractivity contribution in [2.45, 2.75) is 26.3 Å². The number of furan rings is 1. The molecule has 1 unspecified atom stereocenters. The Balaban J connectivity index is 3.03. The molecule has 0 aromatic carbocycles. The quantitative estimate of drug-likeness (QED) is 0.781. The number of nitrogens with zero attached hydrogens (tertiary/aromatic N) is 1. The third kappa shape index (κ3) is 3.84. The molecule has 0 aliphatic heterocycles. The lowest BCUT2D eigenvalue weighted by atomic mass is 10.0. The zero-order chi connectivity index (χ0) is 15.3. The largest absolute Gasteiger partial charge is 0.481 e. The van der Waals surface area contributed by atoms with Crippen molar-refractivity contribution < 1.29 is 29.0 Å². The zero-order valence-electron chi connectivity index (χ0n) is 11.3. The number of carbonyl (C=O) groups is 3. The van der Waals surface area contributed by atoms with Gasteiger partial charge in [-0.25, -0.2) is 4.79 Å². The molecule has 2 N–H and O–H groups in total. The van der Waals surface area contributed by atoms with Crippen LogP contribution in [-0.4, -0.2) is 45.5 Å². The van der Waals surface area contributed by atoms with Crippen molar-refractivity contribution in [3.8, 4) is 0 Å². The number of hydrogen-bond donors (Lipinski definition) is 2. The molecule has 1 aromatic rings. The van der Waals surface area contributed by atoms with Gasteiger partial charge < -0.3 is 19.5 Å². The van der Waals surface area contributed by atoms with Crippen LogP contribution < -0.4 is 0 Å². The molecule has 110 valence electrons. The highest BCUT2D eigenvalue weighted by Crippen LogP contribution is 2.16. The van der Waals surface area contributed by atoms with Crippen LogP contribution in [0.25, 0.3) is 0 Å². The predicted molar refractivity (Wildman–Crippen MR) is 68.3 cm³/mol. The molecule has 1 amide bonds. The van der Waals surface area contributed by atoms with Crippen LogP contribution in [0.15, 0.2) is 22.8 Å². The highest BCUT2D eigenvalue weighted by molar-refractivity contribution is 5.94. The Labute approximate surface area is 115 Å². The third-order valence-electron chi connectivity index (χ3n) is 2.78. The number of hydrogen-bond acceptors (Lipinski definition) is 4. The molecule has 0 spiro atoms. The first-order valence-electron chi connectivity index (χ1n) is 6.13. The van der Waals surface area contributed by atoms with Crippen molar-refractivity contribution in [3.05, 3.63) is 24.2 Å². The Morgan fingerprint density at radius 1 is 1.30 bits per heavy atom. The maximum atomic E-state index is 12.2. The fraction of sp³-hybridized carbons (Fsp3) is 0.462. The number of carboxylic acids is 2. The molecule has 20 heavy (non-hydrogen) atoms. The summed E-state index contributed by atoms with van der Waals surface area (Å²) >= 11 is 0. The Hall–Kier alpha value is -2.31. The number of amides is 1. The molecule has 1 aromatic heterocycles. The Morgan fingerprint density at radius 2 is 1.95 bits per heavy atom. The average molecular weight is 283 g/mol. The first-order valence-corrected chi connectivity index (χ1v) is 6.13. The molecule has 0 saturated heterocycles. The average Bonchev–Trinajstić information content (AvgIpc) is 2.85. The summed E-state index contributed by atoms with van der Waals surface area (Å²) in [7, 11) is 0. The molecule has 0 aliphatic rings. The molecule has 0 radical (unpaired) electrons. The van der Waals surface area contributed by atoms with Gasteiger partial charge in [-0.2, -0.15) is 0 Å². The maximum absolute atomic E-state index is 12.2. The minimum Gasteiger partial charge on any atom is -0.481 e. The van der Waals surface area contributed by atoms with Crippen LogP contribution in [0.3, 0.4) is 0 Å². The van der Waals surface area contributed by atoms with E-state index in [4.69, 9.17) is 9.52 Å². The van der Waals surface area contributed by atoms with Gasteiger partial charge in [-0.05, 0) is 18.1 Å². The lowest BCUT2D eigenvalue weighted by molar-refractivity contribution is -0.145. The maximum Gasteiger partial charge on any atom is 0.326 e. The van der Waals surface area contributed by atoms with E-state index >= 15 is 0 Å². The summed E-state index contributed by atoms with van der Waals surface area (Å²) < 4.78 is 4.96. The Kier molecular flexibility index (Phi) is 5.31. The smallest absolute Gasteiger partial charge is 0.326 e. The molecule has 0 saturated carbocycles. The summed E-state index contributed by atoms with van der Waals surface area (Å²) in [5.41, 5.74) is 0. The van der Waals surface area contributed by atoms with Gasteiger partial charge in [0.25, 0.3) is 5.91 Å². The van der Waals surface area contributed by atoms with Gasteiger partial charge in [-0.3, -0.25) is 9.59 Å². The number of carbonyl (C=O) groups excluding carboxylic acids is 1. The summed E-state index contributed by atoms with van der Waals surface area (Å²) in [5.74, 6) is -3.28. The van der Waals surface area contributed by atoms with E-state index in [0.717, 1.165) is 4.90 Å². The topological polar surface area (TPSA) is 108 Å². The Bertz CT molecular complexity index is 479. The molecule has 1 rings (SSSR count). The molecule has 0 bridgehead atoms. The van der Waals surface area contributed by atoms with E-state index in [0.29, 0.717) is 0 Å². The predicted octanol–water partition coefficient (Wildman–Crippen LogP) is 1.31. The first kappa shape index (κ1) is 15.7. The van der Waals surface area contributed by atoms with Crippen LogP contribution in [0.1, 0.15) is 30.8 Å². The van der Waals surface area contributed by atoms with Gasteiger partial charge in [0.2, 0.25) is 0 Å². The van der Waals surface area contributed by atoms with Crippen molar-refractivity contribution in [2.24, 2.45) is 5.92 Å². The SMILES string of the molecule is CC(C)C(C(=O)O)N(CCC(=O)O)C(=O)c1ccco1. The molecular formula is C13H17NO6. The van der Waals surface area contributed by atoms with Crippen LogP contribution in [0, 0.1) is 5.92 Å². The van der Waals surface area contributed by atoms with Gasteiger partial charge in [-0.15, -0.1) is 0 Å². The van der Waals surface area contributed by atoms with Gasteiger partial charge in [0.05, 0.1) is 12.7 Å². The van der Waals surface area contributed by atoms with E-state index < -0.39 is 23.9 Å². The van der Waals surface area contributed by atoms with Gasteiger partial charge >= 0.3 is 11.9 Å². The number of aliphatic carboxylic acids is 2. The minimum absolute atomic E-state index is 0.0118. The lowest BCUT2D eigenvalue weighted by Crippen LogP contribution is -2.48. The summed E-state index contributed by atoms with van der Waals surface area (Å²) in [5, 5.41) is 18.0. The van der Waals surface area contributed by atoms with E-state index in [9.17, 15) is 19.5 Å². The van der Waals surface area contributed by atoms with Crippen molar-refractivity contribution in [1.29, 1.82) is 0 Å². The second-order valence-corrected chi connectivity index (χ2v) is 4.65. The normalized spacial score (nSPS) is 12.2. The fourth-order valence-electron chi connectivity index (χ4n) is 1.90. The summed E-state index contributed by atoms with van der Waals surface area (Å²) in [6.45, 7) is 3.12. The highest BCUT2D eigenvalue weighted by atomic mass is 16.4. The van der Waals surface area contributed by atoms with Crippen LogP contribution >= 0.6 is 0 Å². The van der Waals surface area contributed by atoms with Crippen LogP contribution in [-0.2, 0) is 9.59 Å². The van der Waals surface area contributed by atoms with Crippen molar-refractivity contribution in [1.82, 2.24) is 4.90 Å². The second kappa shape index (κ2) is 6.74. The zero-order valence-corrected chi connectivity index (χ0v) is 11.3. The minimum atomic E-state index is -1.18. The lowest BCUT2D eigenvalue weighted by Gasteiger charge is -2.30. The van der Waals surface area contributed by atoms with Gasteiger partial charge in [0.15, 0.2) is 5.76 Å². The van der Waals surface area contributed by atoms with E-state index in [1.54, 1.807) is 13.8 Å². The van der Waals surface area contributed by atoms with Crippen LogP contribution in [0.2, 0.25) is 0 Å². The van der Waals surface area contributed by atoms with E-state index in [1.165, 1.54) is 18.4 Å². The molecule has 1 atom stereocenters. The van der Waals surface area contributed by atoms with Gasteiger partial charge in [0.1, 0.15) is 6.04 Å². The van der Waals surface area contributed by atoms with Crippen LogP contribution in [0.4, 0.5) is 0 Å². The third-order valence-corrected chi connectivity index (χ3v) is 2.78. The van der Waals surface area contributed by atoms with Crippen LogP contribution in [0.5, 0.6) is 0 Å². The molecule has 7 heteroatoms. The number of rotatable bonds is 7. The van der Waals surface area contributed by atoms with Crippen molar-refractivity contribution in [3.63, 3.8) is 0 Å². The van der Waals surface area contributed by atoms with Gasteiger partial charge in [0, 0.05) is 6.54 Å². The summed E-state index contributed by atoms with van der Waals surface area (Å²) in [6, 6.07) is 1.82. The molecule has 1 heterocycles. The first-order chi connectivity index (χ1) is 9.34. The fourth-order valence-corrected chi connectivity index (χ4v) is 1.90. The van der Waals surface area contributed by atoms with E-state index in [-0.39, 0.29) is 24.6 Å². The van der Waals surface area contributed by atoms with E-state index in [1.807, 2.05) is 0 Å². The van der Waals surface area contributed by atoms with E-state index in [2.05, 4.69) is 0 Å². The summed E-state index contributed by atoms with van der Waals surface area (Å²) in [4.78, 5) is 35.3. The van der Waals surface area contributed by atoms with Crippen molar-refractivity contribution in [2.75, 3.05) is 6.54 Å². The molecule has 0 fully saturated rings.